The number of nitrogens with one attached hydrogen (secondary N) is 1. The highest BCUT2D eigenvalue weighted by molar-refractivity contribution is 5.73. The summed E-state index contributed by atoms with van der Waals surface area (Å²) in [5.74, 6) is 0.715. The van der Waals surface area contributed by atoms with Crippen molar-refractivity contribution in [3.05, 3.63) is 23.3 Å². The monoisotopic (exact) mass is 307 g/mol. The quantitative estimate of drug-likeness (QED) is 0.809. The van der Waals surface area contributed by atoms with Gasteiger partial charge in [-0.1, -0.05) is 13.3 Å². The molecule has 0 saturated heterocycles. The minimum Gasteiger partial charge on any atom is -0.493 e. The van der Waals surface area contributed by atoms with E-state index < -0.39 is 12.0 Å². The fraction of sp³-hybridized carbons (Fsp3) is 0.588. The van der Waals surface area contributed by atoms with Crippen molar-refractivity contribution in [1.82, 2.24) is 5.32 Å². The number of fused-ring (bicyclic) bond motifs is 1. The zero-order valence-corrected chi connectivity index (χ0v) is 13.5. The normalized spacial score (nSPS) is 18.4. The Kier molecular flexibility index (Phi) is 5.66. The molecule has 0 fully saturated rings. The van der Waals surface area contributed by atoms with Gasteiger partial charge in [0.25, 0.3) is 0 Å². The van der Waals surface area contributed by atoms with E-state index in [2.05, 4.69) is 5.32 Å². The third-order valence-electron chi connectivity index (χ3n) is 4.25. The molecule has 0 saturated carbocycles. The summed E-state index contributed by atoms with van der Waals surface area (Å²) in [7, 11) is 3.27. The maximum Gasteiger partial charge on any atom is 0.320 e. The Labute approximate surface area is 131 Å². The molecule has 2 rings (SSSR count). The molecule has 0 heterocycles. The highest BCUT2D eigenvalue weighted by Gasteiger charge is 2.25. The number of carbonyl (C=O) groups is 1. The van der Waals surface area contributed by atoms with Gasteiger partial charge in [-0.05, 0) is 48.9 Å². The molecule has 1 aliphatic rings. The van der Waals surface area contributed by atoms with Crippen LogP contribution in [0.4, 0.5) is 0 Å². The molecule has 1 aromatic rings. The fourth-order valence-electron chi connectivity index (χ4n) is 3.08. The van der Waals surface area contributed by atoms with Crippen molar-refractivity contribution >= 4 is 5.97 Å². The van der Waals surface area contributed by atoms with Crippen LogP contribution in [0.15, 0.2) is 12.1 Å². The number of carboxylic acids is 1. The van der Waals surface area contributed by atoms with Gasteiger partial charge >= 0.3 is 5.97 Å². The number of rotatable bonds is 7. The number of hydrogen-bond acceptors (Lipinski definition) is 4. The van der Waals surface area contributed by atoms with Crippen molar-refractivity contribution in [3.63, 3.8) is 0 Å². The van der Waals surface area contributed by atoms with Gasteiger partial charge in [-0.3, -0.25) is 4.79 Å². The van der Waals surface area contributed by atoms with E-state index in [9.17, 15) is 9.90 Å². The maximum absolute atomic E-state index is 11.3. The van der Waals surface area contributed by atoms with Crippen LogP contribution in [0.3, 0.4) is 0 Å². The van der Waals surface area contributed by atoms with Crippen LogP contribution in [0.2, 0.25) is 0 Å². The Balaban J connectivity index is 2.12. The van der Waals surface area contributed by atoms with Crippen molar-refractivity contribution < 1.29 is 19.4 Å². The molecule has 1 aliphatic carbocycles. The van der Waals surface area contributed by atoms with E-state index in [4.69, 9.17) is 9.47 Å². The second kappa shape index (κ2) is 7.49. The lowest BCUT2D eigenvalue weighted by molar-refractivity contribution is -0.139. The van der Waals surface area contributed by atoms with Gasteiger partial charge in [0.05, 0.1) is 14.2 Å². The molecule has 2 N–H and O–H groups in total. The third kappa shape index (κ3) is 3.71. The first kappa shape index (κ1) is 16.6. The molecule has 0 radical (unpaired) electrons. The van der Waals surface area contributed by atoms with E-state index in [1.165, 1.54) is 11.1 Å². The average molecular weight is 307 g/mol. The van der Waals surface area contributed by atoms with Crippen molar-refractivity contribution in [3.8, 4) is 11.5 Å². The summed E-state index contributed by atoms with van der Waals surface area (Å²) >= 11 is 0. The molecular weight excluding hydrogens is 282 g/mol. The number of hydrogen-bond donors (Lipinski definition) is 2. The second-order valence-corrected chi connectivity index (χ2v) is 5.76. The summed E-state index contributed by atoms with van der Waals surface area (Å²) in [6.07, 6.45) is 4.20. The Morgan fingerprint density at radius 1 is 1.32 bits per heavy atom. The van der Waals surface area contributed by atoms with Crippen LogP contribution in [0.25, 0.3) is 0 Å². The molecule has 0 amide bonds. The third-order valence-corrected chi connectivity index (χ3v) is 4.25. The average Bonchev–Trinajstić information content (AvgIpc) is 2.52. The predicted octanol–water partition coefficient (Wildman–Crippen LogP) is 2.40. The first-order chi connectivity index (χ1) is 10.6. The summed E-state index contributed by atoms with van der Waals surface area (Å²) in [5, 5.41) is 12.6. The van der Waals surface area contributed by atoms with Crippen molar-refractivity contribution in [2.75, 3.05) is 14.2 Å². The molecule has 0 bridgehead atoms. The maximum atomic E-state index is 11.3. The van der Waals surface area contributed by atoms with Crippen LogP contribution in [0.1, 0.15) is 37.3 Å². The number of ether oxygens (including phenoxy) is 2. The molecule has 122 valence electrons. The second-order valence-electron chi connectivity index (χ2n) is 5.76. The fourth-order valence-corrected chi connectivity index (χ4v) is 3.08. The van der Waals surface area contributed by atoms with Crippen molar-refractivity contribution in [2.24, 2.45) is 0 Å². The van der Waals surface area contributed by atoms with Crippen LogP contribution in [0.5, 0.6) is 11.5 Å². The highest BCUT2D eigenvalue weighted by atomic mass is 16.5. The molecule has 5 nitrogen and oxygen atoms in total. The molecular formula is C17H25NO4. The minimum atomic E-state index is -0.764. The molecule has 22 heavy (non-hydrogen) atoms. The highest BCUT2D eigenvalue weighted by Crippen LogP contribution is 2.34. The van der Waals surface area contributed by atoms with Gasteiger partial charge in [-0.2, -0.15) is 0 Å². The summed E-state index contributed by atoms with van der Waals surface area (Å²) in [5.41, 5.74) is 2.47. The smallest absolute Gasteiger partial charge is 0.320 e. The summed E-state index contributed by atoms with van der Waals surface area (Å²) in [6.45, 7) is 2.00. The zero-order chi connectivity index (χ0) is 16.1. The van der Waals surface area contributed by atoms with Gasteiger partial charge in [0, 0.05) is 6.04 Å². The van der Waals surface area contributed by atoms with E-state index in [0.717, 1.165) is 37.2 Å². The standard InChI is InChI=1S/C17H25NO4/c1-4-5-14(17(19)20)18-13-7-6-11-9-15(21-2)16(22-3)10-12(11)8-13/h9-10,13-14,18H,4-8H2,1-3H3,(H,19,20). The predicted molar refractivity (Wildman–Crippen MR) is 84.8 cm³/mol. The Morgan fingerprint density at radius 2 is 1.95 bits per heavy atom. The van der Waals surface area contributed by atoms with Crippen LogP contribution < -0.4 is 14.8 Å². The number of aliphatic carboxylic acids is 1. The van der Waals surface area contributed by atoms with E-state index in [-0.39, 0.29) is 6.04 Å². The number of benzene rings is 1. The Bertz CT molecular complexity index is 530. The molecule has 0 spiro atoms. The van der Waals surface area contributed by atoms with Gasteiger partial charge in [0.15, 0.2) is 11.5 Å². The molecule has 0 aliphatic heterocycles. The van der Waals surface area contributed by atoms with Gasteiger partial charge in [-0.25, -0.2) is 0 Å². The van der Waals surface area contributed by atoms with Crippen molar-refractivity contribution in [2.45, 2.75) is 51.1 Å². The van der Waals surface area contributed by atoms with E-state index in [1.54, 1.807) is 14.2 Å². The summed E-state index contributed by atoms with van der Waals surface area (Å²) in [6, 6.07) is 3.78. The topological polar surface area (TPSA) is 67.8 Å². The Hall–Kier alpha value is -1.75. The zero-order valence-electron chi connectivity index (χ0n) is 13.5. The molecule has 2 atom stereocenters. The van der Waals surface area contributed by atoms with Gasteiger partial charge in [0.2, 0.25) is 0 Å². The van der Waals surface area contributed by atoms with E-state index in [1.807, 2.05) is 19.1 Å². The summed E-state index contributed by atoms with van der Waals surface area (Å²) < 4.78 is 10.7. The van der Waals surface area contributed by atoms with Crippen LogP contribution in [0, 0.1) is 0 Å². The van der Waals surface area contributed by atoms with E-state index >= 15 is 0 Å². The number of aryl methyl sites for hydroxylation is 1. The molecule has 0 aromatic heterocycles. The van der Waals surface area contributed by atoms with Gasteiger partial charge in [-0.15, -0.1) is 0 Å². The van der Waals surface area contributed by atoms with Gasteiger partial charge in [0.1, 0.15) is 6.04 Å². The molecule has 5 heteroatoms. The first-order valence-corrected chi connectivity index (χ1v) is 7.81. The van der Waals surface area contributed by atoms with E-state index in [0.29, 0.717) is 6.42 Å². The minimum absolute atomic E-state index is 0.193. The number of carboxylic acid groups (broad SMARTS) is 1. The first-order valence-electron chi connectivity index (χ1n) is 7.81. The lowest BCUT2D eigenvalue weighted by Gasteiger charge is -2.29. The lowest BCUT2D eigenvalue weighted by atomic mass is 9.87. The van der Waals surface area contributed by atoms with Crippen molar-refractivity contribution in [1.29, 1.82) is 0 Å². The van der Waals surface area contributed by atoms with Crippen LogP contribution >= 0.6 is 0 Å². The summed E-state index contributed by atoms with van der Waals surface area (Å²) in [4.78, 5) is 11.3. The Morgan fingerprint density at radius 3 is 2.50 bits per heavy atom. The van der Waals surface area contributed by atoms with Crippen LogP contribution in [-0.2, 0) is 17.6 Å². The van der Waals surface area contributed by atoms with Crippen LogP contribution in [-0.4, -0.2) is 37.4 Å². The molecule has 2 unspecified atom stereocenters. The SMILES string of the molecule is CCCC(NC1CCc2cc(OC)c(OC)cc2C1)C(=O)O. The number of methoxy groups -OCH3 is 2. The largest absolute Gasteiger partial charge is 0.493 e. The van der Waals surface area contributed by atoms with Gasteiger partial charge < -0.3 is 19.9 Å². The molecule has 1 aromatic carbocycles. The lowest BCUT2D eigenvalue weighted by Crippen LogP contribution is -2.45.